The number of hydrogen-bond donors (Lipinski definition) is 1. The number of nitrogens with zero attached hydrogens (tertiary/aromatic N) is 3. The molecule has 0 fully saturated rings. The number of hydrogen-bond acceptors (Lipinski definition) is 4. The van der Waals surface area contributed by atoms with Gasteiger partial charge in [0.2, 0.25) is 0 Å². The minimum Gasteiger partial charge on any atom is -0.358 e. The molecule has 2 heterocycles. The lowest BCUT2D eigenvalue weighted by atomic mass is 10.1. The first-order chi connectivity index (χ1) is 9.17. The quantitative estimate of drug-likeness (QED) is 0.848. The van der Waals surface area contributed by atoms with E-state index in [4.69, 9.17) is 10.7 Å². The number of thiazole rings is 1. The standard InChI is InChI=1S/C14H24N4S/c1-4-6-7-17(3)13-12(10-11(15)5-2)18-8-9-19-14(18)16-13/h8-9,11H,4-7,10,15H2,1-3H3. The van der Waals surface area contributed by atoms with Crippen LogP contribution in [-0.4, -0.2) is 29.0 Å². The van der Waals surface area contributed by atoms with E-state index < -0.39 is 0 Å². The van der Waals surface area contributed by atoms with E-state index in [1.165, 1.54) is 18.5 Å². The van der Waals surface area contributed by atoms with Gasteiger partial charge in [0.25, 0.3) is 0 Å². The second-order valence-electron chi connectivity index (χ2n) is 5.09. The molecule has 2 rings (SSSR count). The van der Waals surface area contributed by atoms with Crippen LogP contribution in [0.1, 0.15) is 38.8 Å². The summed E-state index contributed by atoms with van der Waals surface area (Å²) < 4.78 is 2.19. The zero-order valence-corrected chi connectivity index (χ0v) is 12.9. The van der Waals surface area contributed by atoms with Crippen molar-refractivity contribution >= 4 is 22.1 Å². The minimum atomic E-state index is 0.207. The van der Waals surface area contributed by atoms with Crippen molar-refractivity contribution < 1.29 is 0 Å². The SMILES string of the molecule is CCCCN(C)c1nc2sccn2c1CC(N)CC. The van der Waals surface area contributed by atoms with E-state index in [1.807, 2.05) is 0 Å². The van der Waals surface area contributed by atoms with Gasteiger partial charge in [-0.1, -0.05) is 20.3 Å². The lowest BCUT2D eigenvalue weighted by Crippen LogP contribution is -2.25. The van der Waals surface area contributed by atoms with Crippen LogP contribution in [0.15, 0.2) is 11.6 Å². The van der Waals surface area contributed by atoms with Gasteiger partial charge in [0.15, 0.2) is 10.8 Å². The van der Waals surface area contributed by atoms with E-state index in [1.54, 1.807) is 11.3 Å². The lowest BCUT2D eigenvalue weighted by Gasteiger charge is -2.19. The van der Waals surface area contributed by atoms with Gasteiger partial charge in [-0.2, -0.15) is 0 Å². The van der Waals surface area contributed by atoms with Gasteiger partial charge in [-0.15, -0.1) is 11.3 Å². The van der Waals surface area contributed by atoms with E-state index in [0.29, 0.717) is 0 Å². The van der Waals surface area contributed by atoms with Gasteiger partial charge in [-0.05, 0) is 12.8 Å². The molecule has 0 aliphatic rings. The predicted molar refractivity (Wildman–Crippen MR) is 83.2 cm³/mol. The summed E-state index contributed by atoms with van der Waals surface area (Å²) in [6.45, 7) is 5.40. The number of unbranched alkanes of at least 4 members (excludes halogenated alkanes) is 1. The van der Waals surface area contributed by atoms with Crippen LogP contribution in [0.3, 0.4) is 0 Å². The van der Waals surface area contributed by atoms with Gasteiger partial charge in [-0.25, -0.2) is 4.98 Å². The van der Waals surface area contributed by atoms with Crippen molar-refractivity contribution in [1.29, 1.82) is 0 Å². The van der Waals surface area contributed by atoms with E-state index in [-0.39, 0.29) is 6.04 Å². The second kappa shape index (κ2) is 6.39. The van der Waals surface area contributed by atoms with Crippen LogP contribution in [0, 0.1) is 0 Å². The Kier molecular flexibility index (Phi) is 4.82. The fourth-order valence-electron chi connectivity index (χ4n) is 2.21. The maximum absolute atomic E-state index is 6.14. The Bertz CT molecular complexity index is 516. The molecule has 0 aliphatic carbocycles. The third kappa shape index (κ3) is 3.09. The highest BCUT2D eigenvalue weighted by molar-refractivity contribution is 7.15. The van der Waals surface area contributed by atoms with Crippen molar-refractivity contribution in [2.45, 2.75) is 45.6 Å². The molecule has 2 N–H and O–H groups in total. The van der Waals surface area contributed by atoms with Gasteiger partial charge < -0.3 is 10.6 Å². The van der Waals surface area contributed by atoms with Crippen molar-refractivity contribution in [2.24, 2.45) is 5.73 Å². The van der Waals surface area contributed by atoms with Crippen molar-refractivity contribution in [3.05, 3.63) is 17.3 Å². The van der Waals surface area contributed by atoms with E-state index in [0.717, 1.165) is 30.2 Å². The molecule has 19 heavy (non-hydrogen) atoms. The summed E-state index contributed by atoms with van der Waals surface area (Å²) in [5.41, 5.74) is 7.39. The molecule has 4 nitrogen and oxygen atoms in total. The zero-order chi connectivity index (χ0) is 13.8. The average molecular weight is 280 g/mol. The molecule has 106 valence electrons. The smallest absolute Gasteiger partial charge is 0.195 e. The fourth-order valence-corrected chi connectivity index (χ4v) is 2.94. The Morgan fingerprint density at radius 3 is 2.95 bits per heavy atom. The maximum Gasteiger partial charge on any atom is 0.195 e. The molecule has 2 aromatic heterocycles. The summed E-state index contributed by atoms with van der Waals surface area (Å²) >= 11 is 1.68. The first-order valence-electron chi connectivity index (χ1n) is 7.08. The molecule has 1 unspecified atom stereocenters. The highest BCUT2D eigenvalue weighted by atomic mass is 32.1. The number of fused-ring (bicyclic) bond motifs is 1. The van der Waals surface area contributed by atoms with Crippen LogP contribution >= 0.6 is 11.3 Å². The molecule has 0 saturated heterocycles. The molecule has 5 heteroatoms. The molecule has 0 amide bonds. The van der Waals surface area contributed by atoms with E-state index in [9.17, 15) is 0 Å². The van der Waals surface area contributed by atoms with Gasteiger partial charge in [0, 0.05) is 37.6 Å². The summed E-state index contributed by atoms with van der Waals surface area (Å²) in [5, 5.41) is 2.08. The Morgan fingerprint density at radius 1 is 1.47 bits per heavy atom. The summed E-state index contributed by atoms with van der Waals surface area (Å²) in [6, 6.07) is 0.207. The molecule has 1 atom stereocenters. The topological polar surface area (TPSA) is 46.6 Å². The van der Waals surface area contributed by atoms with Crippen LogP contribution in [0.5, 0.6) is 0 Å². The first kappa shape index (κ1) is 14.3. The fraction of sp³-hybridized carbons (Fsp3) is 0.643. The van der Waals surface area contributed by atoms with Crippen LogP contribution in [0.2, 0.25) is 0 Å². The molecule has 0 bridgehead atoms. The summed E-state index contributed by atoms with van der Waals surface area (Å²) in [6.07, 6.45) is 6.38. The molecule has 0 aromatic carbocycles. The minimum absolute atomic E-state index is 0.207. The predicted octanol–water partition coefficient (Wildman–Crippen LogP) is 2.91. The Labute approximate surface area is 119 Å². The van der Waals surface area contributed by atoms with E-state index in [2.05, 4.69) is 41.8 Å². The average Bonchev–Trinajstić information content (AvgIpc) is 2.98. The maximum atomic E-state index is 6.14. The van der Waals surface area contributed by atoms with Gasteiger partial charge >= 0.3 is 0 Å². The molecule has 0 radical (unpaired) electrons. The number of anilines is 1. The first-order valence-corrected chi connectivity index (χ1v) is 7.96. The number of imidazole rings is 1. The summed E-state index contributed by atoms with van der Waals surface area (Å²) in [4.78, 5) is 8.10. The third-order valence-corrected chi connectivity index (χ3v) is 4.29. The third-order valence-electron chi connectivity index (χ3n) is 3.53. The molecule has 0 aliphatic heterocycles. The zero-order valence-electron chi connectivity index (χ0n) is 12.1. The largest absolute Gasteiger partial charge is 0.358 e. The normalized spacial score (nSPS) is 13.1. The van der Waals surface area contributed by atoms with Gasteiger partial charge in [0.1, 0.15) is 0 Å². The highest BCUT2D eigenvalue weighted by Gasteiger charge is 2.18. The van der Waals surface area contributed by atoms with Crippen LogP contribution in [0.4, 0.5) is 5.82 Å². The molecular formula is C14H24N4S. The molecule has 0 saturated carbocycles. The second-order valence-corrected chi connectivity index (χ2v) is 5.96. The Morgan fingerprint density at radius 2 is 2.26 bits per heavy atom. The molecule has 0 spiro atoms. The van der Waals surface area contributed by atoms with Crippen molar-refractivity contribution in [3.63, 3.8) is 0 Å². The summed E-state index contributed by atoms with van der Waals surface area (Å²) in [5.74, 6) is 1.10. The Hall–Kier alpha value is -1.07. The number of rotatable bonds is 7. The number of aromatic nitrogens is 2. The van der Waals surface area contributed by atoms with Gasteiger partial charge in [-0.3, -0.25) is 4.40 Å². The van der Waals surface area contributed by atoms with E-state index >= 15 is 0 Å². The van der Waals surface area contributed by atoms with Crippen molar-refractivity contribution in [2.75, 3.05) is 18.5 Å². The lowest BCUT2D eigenvalue weighted by molar-refractivity contribution is 0.632. The van der Waals surface area contributed by atoms with Crippen molar-refractivity contribution in [3.8, 4) is 0 Å². The highest BCUT2D eigenvalue weighted by Crippen LogP contribution is 2.25. The monoisotopic (exact) mass is 280 g/mol. The van der Waals surface area contributed by atoms with Gasteiger partial charge in [0.05, 0.1) is 5.69 Å². The number of nitrogens with two attached hydrogens (primary N) is 1. The summed E-state index contributed by atoms with van der Waals surface area (Å²) in [7, 11) is 2.13. The molecular weight excluding hydrogens is 256 g/mol. The molecule has 2 aromatic rings. The van der Waals surface area contributed by atoms with Crippen molar-refractivity contribution in [1.82, 2.24) is 9.38 Å². The van der Waals surface area contributed by atoms with Crippen LogP contribution in [0.25, 0.3) is 4.96 Å². The van der Waals surface area contributed by atoms with Crippen LogP contribution in [-0.2, 0) is 6.42 Å². The van der Waals surface area contributed by atoms with Crippen LogP contribution < -0.4 is 10.6 Å². The Balaban J connectivity index is 2.30.